The highest BCUT2D eigenvalue weighted by Gasteiger charge is 2.18. The van der Waals surface area contributed by atoms with Crippen molar-refractivity contribution in [3.8, 4) is 28.6 Å². The van der Waals surface area contributed by atoms with E-state index in [9.17, 15) is 4.79 Å². The summed E-state index contributed by atoms with van der Waals surface area (Å²) >= 11 is 1.33. The molecule has 7 nitrogen and oxygen atoms in total. The molecule has 1 amide bonds. The first-order valence-corrected chi connectivity index (χ1v) is 11.7. The highest BCUT2D eigenvalue weighted by atomic mass is 32.2. The molecule has 34 heavy (non-hydrogen) atoms. The number of ether oxygens (including phenoxy) is 2. The quantitative estimate of drug-likeness (QED) is 0.349. The normalized spacial score (nSPS) is 10.7. The molecule has 1 aromatic heterocycles. The van der Waals surface area contributed by atoms with Crippen LogP contribution in [0.15, 0.2) is 71.9 Å². The number of aryl methyl sites for hydroxylation is 2. The van der Waals surface area contributed by atoms with Gasteiger partial charge < -0.3 is 14.8 Å². The van der Waals surface area contributed by atoms with Crippen LogP contribution in [0.1, 0.15) is 11.1 Å². The number of rotatable bonds is 8. The Labute approximate surface area is 203 Å². The summed E-state index contributed by atoms with van der Waals surface area (Å²) in [5, 5.41) is 12.4. The van der Waals surface area contributed by atoms with Gasteiger partial charge in [-0.25, -0.2) is 0 Å². The number of aromatic nitrogens is 3. The molecule has 0 saturated heterocycles. The van der Waals surface area contributed by atoms with Gasteiger partial charge in [0.1, 0.15) is 11.5 Å². The number of carbonyl (C=O) groups is 1. The molecule has 4 rings (SSSR count). The Morgan fingerprint density at radius 1 is 0.912 bits per heavy atom. The summed E-state index contributed by atoms with van der Waals surface area (Å²) < 4.78 is 12.6. The number of nitrogens with one attached hydrogen (secondary N) is 1. The molecule has 0 fully saturated rings. The zero-order valence-corrected chi connectivity index (χ0v) is 20.3. The minimum Gasteiger partial charge on any atom is -0.497 e. The van der Waals surface area contributed by atoms with E-state index in [1.54, 1.807) is 14.2 Å². The molecule has 8 heteroatoms. The SMILES string of the molecule is COc1ccc(-c2nnc(SCC(=O)Nc3cc(C)ccc3OC)n2-c2ccc(C)cc2)cc1. The van der Waals surface area contributed by atoms with E-state index >= 15 is 0 Å². The second-order valence-corrected chi connectivity index (χ2v) is 8.69. The molecular weight excluding hydrogens is 448 g/mol. The van der Waals surface area contributed by atoms with Gasteiger partial charge >= 0.3 is 0 Å². The Kier molecular flexibility index (Phi) is 7.18. The maximum Gasteiger partial charge on any atom is 0.234 e. The lowest BCUT2D eigenvalue weighted by Gasteiger charge is -2.12. The number of carbonyl (C=O) groups excluding carboxylic acids is 1. The Balaban J connectivity index is 1.60. The number of anilines is 1. The summed E-state index contributed by atoms with van der Waals surface area (Å²) in [4.78, 5) is 12.7. The van der Waals surface area contributed by atoms with E-state index < -0.39 is 0 Å². The molecule has 0 spiro atoms. The van der Waals surface area contributed by atoms with Gasteiger partial charge in [-0.1, -0.05) is 35.5 Å². The van der Waals surface area contributed by atoms with E-state index in [2.05, 4.69) is 15.5 Å². The Hall–Kier alpha value is -3.78. The predicted octanol–water partition coefficient (Wildman–Crippen LogP) is 5.30. The monoisotopic (exact) mass is 474 g/mol. The van der Waals surface area contributed by atoms with Crippen molar-refractivity contribution in [2.75, 3.05) is 25.3 Å². The lowest BCUT2D eigenvalue weighted by atomic mass is 10.2. The van der Waals surface area contributed by atoms with Gasteiger partial charge in [0.2, 0.25) is 5.91 Å². The molecule has 0 aliphatic carbocycles. The topological polar surface area (TPSA) is 78.3 Å². The highest BCUT2D eigenvalue weighted by Crippen LogP contribution is 2.30. The van der Waals surface area contributed by atoms with Crippen molar-refractivity contribution in [2.24, 2.45) is 0 Å². The molecular formula is C26H26N4O3S. The molecule has 0 bridgehead atoms. The molecule has 174 valence electrons. The first kappa shape index (κ1) is 23.4. The van der Waals surface area contributed by atoms with Gasteiger partial charge in [0.25, 0.3) is 0 Å². The van der Waals surface area contributed by atoms with Crippen LogP contribution in [0.2, 0.25) is 0 Å². The van der Waals surface area contributed by atoms with Crippen molar-refractivity contribution in [2.45, 2.75) is 19.0 Å². The predicted molar refractivity (Wildman–Crippen MR) is 135 cm³/mol. The molecule has 1 N–H and O–H groups in total. The van der Waals surface area contributed by atoms with Crippen molar-refractivity contribution < 1.29 is 14.3 Å². The fourth-order valence-electron chi connectivity index (χ4n) is 3.45. The number of thioether (sulfide) groups is 1. The van der Waals surface area contributed by atoms with E-state index in [1.165, 1.54) is 11.8 Å². The second-order valence-electron chi connectivity index (χ2n) is 7.75. The van der Waals surface area contributed by atoms with Gasteiger partial charge in [0.15, 0.2) is 11.0 Å². The van der Waals surface area contributed by atoms with Gasteiger partial charge in [-0.3, -0.25) is 9.36 Å². The van der Waals surface area contributed by atoms with Crippen molar-refractivity contribution in [3.63, 3.8) is 0 Å². The van der Waals surface area contributed by atoms with Crippen molar-refractivity contribution >= 4 is 23.4 Å². The third kappa shape index (κ3) is 5.23. The van der Waals surface area contributed by atoms with Gasteiger partial charge in [-0.15, -0.1) is 10.2 Å². The number of benzene rings is 3. The van der Waals surface area contributed by atoms with Gasteiger partial charge in [-0.2, -0.15) is 0 Å². The molecule has 0 aliphatic rings. The summed E-state index contributed by atoms with van der Waals surface area (Å²) in [7, 11) is 3.22. The Morgan fingerprint density at radius 2 is 1.62 bits per heavy atom. The molecule has 0 radical (unpaired) electrons. The first-order chi connectivity index (χ1) is 16.5. The van der Waals surface area contributed by atoms with E-state index in [1.807, 2.05) is 85.1 Å². The summed E-state index contributed by atoms with van der Waals surface area (Å²) in [5.74, 6) is 2.09. The third-order valence-corrected chi connectivity index (χ3v) is 6.16. The number of amides is 1. The van der Waals surface area contributed by atoms with Crippen LogP contribution < -0.4 is 14.8 Å². The highest BCUT2D eigenvalue weighted by molar-refractivity contribution is 7.99. The van der Waals surface area contributed by atoms with E-state index in [0.717, 1.165) is 28.1 Å². The maximum absolute atomic E-state index is 12.7. The van der Waals surface area contributed by atoms with Crippen molar-refractivity contribution in [1.82, 2.24) is 14.8 Å². The number of methoxy groups -OCH3 is 2. The lowest BCUT2D eigenvalue weighted by Crippen LogP contribution is -2.15. The van der Waals surface area contributed by atoms with Crippen LogP contribution >= 0.6 is 11.8 Å². The van der Waals surface area contributed by atoms with Crippen LogP contribution in [0.4, 0.5) is 5.69 Å². The largest absolute Gasteiger partial charge is 0.497 e. The summed E-state index contributed by atoms with van der Waals surface area (Å²) in [6.07, 6.45) is 0. The Morgan fingerprint density at radius 3 is 2.29 bits per heavy atom. The smallest absolute Gasteiger partial charge is 0.234 e. The number of nitrogens with zero attached hydrogens (tertiary/aromatic N) is 3. The molecule has 1 heterocycles. The molecule has 0 atom stereocenters. The van der Waals surface area contributed by atoms with Gasteiger partial charge in [-0.05, 0) is 67.9 Å². The minimum atomic E-state index is -0.154. The zero-order chi connectivity index (χ0) is 24.1. The standard InChI is InChI=1S/C26H26N4O3S/c1-17-5-10-20(11-6-17)30-25(19-8-12-21(32-3)13-9-19)28-29-26(30)34-16-24(31)27-22-15-18(2)7-14-23(22)33-4/h5-15H,16H2,1-4H3,(H,27,31). The maximum atomic E-state index is 12.7. The molecule has 0 saturated carbocycles. The average Bonchev–Trinajstić information content (AvgIpc) is 3.27. The fourth-order valence-corrected chi connectivity index (χ4v) is 4.20. The molecule has 0 unspecified atom stereocenters. The minimum absolute atomic E-state index is 0.154. The van der Waals surface area contributed by atoms with Gasteiger partial charge in [0.05, 0.1) is 25.7 Å². The molecule has 3 aromatic carbocycles. The average molecular weight is 475 g/mol. The summed E-state index contributed by atoms with van der Waals surface area (Å²) in [5.41, 5.74) is 4.65. The number of hydrogen-bond acceptors (Lipinski definition) is 6. The van der Waals surface area contributed by atoms with Crippen LogP contribution in [0.5, 0.6) is 11.5 Å². The zero-order valence-electron chi connectivity index (χ0n) is 19.5. The van der Waals surface area contributed by atoms with E-state index in [-0.39, 0.29) is 11.7 Å². The summed E-state index contributed by atoms with van der Waals surface area (Å²) in [6, 6.07) is 21.5. The van der Waals surface area contributed by atoms with Crippen molar-refractivity contribution in [3.05, 3.63) is 77.9 Å². The van der Waals surface area contributed by atoms with E-state index in [4.69, 9.17) is 9.47 Å². The van der Waals surface area contributed by atoms with Crippen LogP contribution in [0, 0.1) is 13.8 Å². The first-order valence-electron chi connectivity index (χ1n) is 10.7. The van der Waals surface area contributed by atoms with Crippen molar-refractivity contribution in [1.29, 1.82) is 0 Å². The Bertz CT molecular complexity index is 1280. The van der Waals surface area contributed by atoms with Crippen LogP contribution in [0.25, 0.3) is 17.1 Å². The number of hydrogen-bond donors (Lipinski definition) is 1. The molecule has 4 aromatic rings. The van der Waals surface area contributed by atoms with E-state index in [0.29, 0.717) is 22.4 Å². The lowest BCUT2D eigenvalue weighted by molar-refractivity contribution is -0.113. The van der Waals surface area contributed by atoms with Crippen LogP contribution in [-0.2, 0) is 4.79 Å². The van der Waals surface area contributed by atoms with Crippen LogP contribution in [-0.4, -0.2) is 40.6 Å². The third-order valence-electron chi connectivity index (χ3n) is 5.24. The van der Waals surface area contributed by atoms with Gasteiger partial charge in [0, 0.05) is 11.3 Å². The second kappa shape index (κ2) is 10.4. The fraction of sp³-hybridized carbons (Fsp3) is 0.192. The summed E-state index contributed by atoms with van der Waals surface area (Å²) in [6.45, 7) is 4.01. The van der Waals surface area contributed by atoms with Crippen LogP contribution in [0.3, 0.4) is 0 Å². The molecule has 0 aliphatic heterocycles.